The third kappa shape index (κ3) is 3.56. The first-order valence-corrected chi connectivity index (χ1v) is 11.6. The number of benzene rings is 2. The van der Waals surface area contributed by atoms with E-state index in [9.17, 15) is 9.90 Å². The van der Waals surface area contributed by atoms with Gasteiger partial charge in [0.1, 0.15) is 11.3 Å². The van der Waals surface area contributed by atoms with Gasteiger partial charge in [-0.25, -0.2) is 0 Å². The van der Waals surface area contributed by atoms with Crippen LogP contribution < -0.4 is 0 Å². The van der Waals surface area contributed by atoms with Crippen LogP contribution in [0.2, 0.25) is 0 Å². The van der Waals surface area contributed by atoms with Gasteiger partial charge in [-0.2, -0.15) is 4.58 Å². The number of allylic oxidation sites excluding steroid dienone is 4. The molecule has 0 atom stereocenters. The molecule has 0 unspecified atom stereocenters. The topological polar surface area (TPSA) is 45.2 Å². The predicted octanol–water partition coefficient (Wildman–Crippen LogP) is 5.89. The van der Waals surface area contributed by atoms with Crippen molar-refractivity contribution in [1.82, 2.24) is 4.57 Å². The second kappa shape index (κ2) is 8.45. The Balaban J connectivity index is 1.58. The van der Waals surface area contributed by atoms with E-state index in [0.29, 0.717) is 24.2 Å². The molecule has 1 aliphatic heterocycles. The van der Waals surface area contributed by atoms with E-state index in [1.807, 2.05) is 62.4 Å². The van der Waals surface area contributed by atoms with E-state index in [1.165, 1.54) is 0 Å². The summed E-state index contributed by atoms with van der Waals surface area (Å²) in [5.74, 6) is -0.0141. The third-order valence-corrected chi connectivity index (χ3v) is 7.05. The molecule has 0 spiro atoms. The fraction of sp³-hybridized carbons (Fsp3) is 0.200. The Hall–Kier alpha value is -3.92. The number of rotatable bonds is 5. The molecule has 0 saturated carbocycles. The van der Waals surface area contributed by atoms with Gasteiger partial charge in [-0.1, -0.05) is 60.7 Å². The van der Waals surface area contributed by atoms with Gasteiger partial charge in [0.25, 0.3) is 0 Å². The number of Topliss-reactive ketones (excluding diaryl/α,β-unsaturated/α-hetero) is 1. The Bertz CT molecular complexity index is 1430. The van der Waals surface area contributed by atoms with Crippen LogP contribution >= 0.6 is 0 Å². The molecule has 0 bridgehead atoms. The van der Waals surface area contributed by atoms with Gasteiger partial charge >= 0.3 is 0 Å². The molecule has 34 heavy (non-hydrogen) atoms. The average Bonchev–Trinajstić information content (AvgIpc) is 3.25. The van der Waals surface area contributed by atoms with E-state index < -0.39 is 0 Å². The Morgan fingerprint density at radius 2 is 1.47 bits per heavy atom. The molecular weight excluding hydrogens is 420 g/mol. The van der Waals surface area contributed by atoms with E-state index in [-0.39, 0.29) is 11.5 Å². The molecule has 1 aromatic heterocycles. The summed E-state index contributed by atoms with van der Waals surface area (Å²) in [4.78, 5) is 13.5. The van der Waals surface area contributed by atoms with Gasteiger partial charge < -0.3 is 9.67 Å². The zero-order valence-electron chi connectivity index (χ0n) is 20.1. The van der Waals surface area contributed by atoms with Crippen molar-refractivity contribution in [3.8, 4) is 0 Å². The zero-order valence-corrected chi connectivity index (χ0v) is 20.1. The van der Waals surface area contributed by atoms with Crippen molar-refractivity contribution in [1.29, 1.82) is 0 Å². The molecule has 1 N–H and O–H groups in total. The highest BCUT2D eigenvalue weighted by atomic mass is 16.3. The van der Waals surface area contributed by atoms with E-state index in [4.69, 9.17) is 0 Å². The lowest BCUT2D eigenvalue weighted by Gasteiger charge is -2.23. The van der Waals surface area contributed by atoms with Crippen molar-refractivity contribution >= 4 is 17.1 Å². The van der Waals surface area contributed by atoms with Crippen LogP contribution in [0.15, 0.2) is 95.4 Å². The summed E-state index contributed by atoms with van der Waals surface area (Å²) >= 11 is 0. The molecule has 2 aromatic carbocycles. The monoisotopic (exact) mass is 449 g/mol. The second-order valence-corrected chi connectivity index (χ2v) is 9.17. The molecule has 0 saturated heterocycles. The van der Waals surface area contributed by atoms with E-state index in [0.717, 1.165) is 45.1 Å². The van der Waals surface area contributed by atoms with Crippen LogP contribution in [0.5, 0.6) is 0 Å². The standard InChI is InChI=1S/C30H28N2O2/c1-19-15-25(31(21(19)3)17-23-11-7-5-8-12-23)27-29(33)28(30(27)34)26-16-20(2)22(4)32(26)18-24-13-9-6-10-14-24/h5-16H,17-18H2,1-4H3/p+1. The van der Waals surface area contributed by atoms with Crippen LogP contribution in [-0.4, -0.2) is 25.7 Å². The van der Waals surface area contributed by atoms with Gasteiger partial charge in [-0.05, 0) is 38.0 Å². The molecule has 170 valence electrons. The van der Waals surface area contributed by atoms with Crippen LogP contribution in [0.3, 0.4) is 0 Å². The van der Waals surface area contributed by atoms with E-state index in [2.05, 4.69) is 47.3 Å². The summed E-state index contributed by atoms with van der Waals surface area (Å²) in [6.07, 6.45) is 2.01. The number of ketones is 1. The van der Waals surface area contributed by atoms with Gasteiger partial charge in [0.2, 0.25) is 11.5 Å². The van der Waals surface area contributed by atoms with Crippen molar-refractivity contribution in [2.75, 3.05) is 0 Å². The molecule has 0 fully saturated rings. The Kier molecular flexibility index (Phi) is 5.45. The van der Waals surface area contributed by atoms with Crippen molar-refractivity contribution in [3.63, 3.8) is 0 Å². The number of aliphatic hydroxyl groups is 1. The van der Waals surface area contributed by atoms with Crippen LogP contribution in [0, 0.1) is 13.8 Å². The quantitative estimate of drug-likeness (QED) is 0.390. The highest BCUT2D eigenvalue weighted by Gasteiger charge is 2.44. The SMILES string of the molecule is CC1=C/C(=C2/C(=O)C(c3cc(C)c(C)n3Cc3ccccc3)=C2O)[N+](Cc2ccccc2)=C1C. The minimum Gasteiger partial charge on any atom is -0.506 e. The summed E-state index contributed by atoms with van der Waals surface area (Å²) in [7, 11) is 0. The summed E-state index contributed by atoms with van der Waals surface area (Å²) in [5.41, 5.74) is 9.08. The number of hydrogen-bond donors (Lipinski definition) is 1. The largest absolute Gasteiger partial charge is 0.506 e. The summed E-state index contributed by atoms with van der Waals surface area (Å²) in [6, 6.07) is 22.4. The molecule has 2 heterocycles. The summed E-state index contributed by atoms with van der Waals surface area (Å²) in [6.45, 7) is 9.51. The molecule has 1 aliphatic carbocycles. The molecule has 4 heteroatoms. The first-order valence-electron chi connectivity index (χ1n) is 11.6. The van der Waals surface area contributed by atoms with Gasteiger partial charge in [0.05, 0.1) is 11.3 Å². The maximum absolute atomic E-state index is 13.5. The van der Waals surface area contributed by atoms with Crippen LogP contribution in [0.25, 0.3) is 5.57 Å². The minimum atomic E-state index is -0.101. The van der Waals surface area contributed by atoms with Crippen LogP contribution in [0.4, 0.5) is 0 Å². The predicted molar refractivity (Wildman–Crippen MR) is 136 cm³/mol. The van der Waals surface area contributed by atoms with Crippen molar-refractivity contribution in [2.24, 2.45) is 0 Å². The maximum atomic E-state index is 13.5. The molecule has 3 aromatic rings. The maximum Gasteiger partial charge on any atom is 0.221 e. The Morgan fingerprint density at radius 3 is 2.09 bits per heavy atom. The number of carbonyl (C=O) groups is 1. The van der Waals surface area contributed by atoms with E-state index >= 15 is 0 Å². The first kappa shape index (κ1) is 21.9. The highest BCUT2D eigenvalue weighted by Crippen LogP contribution is 2.41. The Morgan fingerprint density at radius 1 is 0.853 bits per heavy atom. The number of aliphatic hydroxyl groups excluding tert-OH is 1. The lowest BCUT2D eigenvalue weighted by atomic mass is 9.84. The molecular formula is C30H29N2O2+. The van der Waals surface area contributed by atoms with Crippen molar-refractivity contribution in [3.05, 3.63) is 123 Å². The lowest BCUT2D eigenvalue weighted by molar-refractivity contribution is -0.486. The number of aryl methyl sites for hydroxylation is 1. The third-order valence-electron chi connectivity index (χ3n) is 7.05. The molecule has 2 aliphatic rings. The van der Waals surface area contributed by atoms with Crippen LogP contribution in [0.1, 0.15) is 41.9 Å². The normalized spacial score (nSPS) is 18.0. The highest BCUT2D eigenvalue weighted by molar-refractivity contribution is 6.39. The smallest absolute Gasteiger partial charge is 0.221 e. The van der Waals surface area contributed by atoms with Crippen molar-refractivity contribution in [2.45, 2.75) is 40.8 Å². The van der Waals surface area contributed by atoms with E-state index in [1.54, 1.807) is 0 Å². The Labute approximate surface area is 200 Å². The van der Waals surface area contributed by atoms with Crippen LogP contribution in [-0.2, 0) is 17.9 Å². The zero-order chi connectivity index (χ0) is 24.0. The fourth-order valence-corrected chi connectivity index (χ4v) is 4.79. The van der Waals surface area contributed by atoms with Gasteiger partial charge in [0, 0.05) is 36.4 Å². The second-order valence-electron chi connectivity index (χ2n) is 9.17. The van der Waals surface area contributed by atoms with Gasteiger partial charge in [0.15, 0.2) is 12.3 Å². The number of nitrogens with zero attached hydrogens (tertiary/aromatic N) is 2. The molecule has 0 amide bonds. The van der Waals surface area contributed by atoms with Gasteiger partial charge in [-0.3, -0.25) is 4.79 Å². The molecule has 5 rings (SSSR count). The summed E-state index contributed by atoms with van der Waals surface area (Å²) in [5, 5.41) is 11.2. The molecule has 4 nitrogen and oxygen atoms in total. The lowest BCUT2D eigenvalue weighted by Crippen LogP contribution is -2.27. The number of carbonyl (C=O) groups excluding carboxylic acids is 1. The average molecular weight is 450 g/mol. The molecule has 0 radical (unpaired) electrons. The number of hydrogen-bond acceptors (Lipinski definition) is 2. The number of aromatic nitrogens is 1. The van der Waals surface area contributed by atoms with Gasteiger partial charge in [-0.15, -0.1) is 0 Å². The fourth-order valence-electron chi connectivity index (χ4n) is 4.79. The van der Waals surface area contributed by atoms with Crippen molar-refractivity contribution < 1.29 is 14.5 Å². The minimum absolute atomic E-state index is 0.0867. The summed E-state index contributed by atoms with van der Waals surface area (Å²) < 4.78 is 4.26. The first-order chi connectivity index (χ1) is 16.4.